The van der Waals surface area contributed by atoms with Gasteiger partial charge in [-0.2, -0.15) is 4.31 Å². The van der Waals surface area contributed by atoms with Gasteiger partial charge < -0.3 is 10.1 Å². The highest BCUT2D eigenvalue weighted by atomic mass is 35.5. The van der Waals surface area contributed by atoms with E-state index >= 15 is 0 Å². The van der Waals surface area contributed by atoms with Crippen molar-refractivity contribution >= 4 is 33.2 Å². The van der Waals surface area contributed by atoms with Crippen molar-refractivity contribution in [1.29, 1.82) is 0 Å². The first kappa shape index (κ1) is 19.6. The third-order valence-corrected chi connectivity index (χ3v) is 7.44. The van der Waals surface area contributed by atoms with E-state index in [9.17, 15) is 13.2 Å². The summed E-state index contributed by atoms with van der Waals surface area (Å²) < 4.78 is 32.2. The van der Waals surface area contributed by atoms with Gasteiger partial charge in [-0.15, -0.1) is 0 Å². The number of nitrogens with one attached hydrogen (secondary N) is 1. The average molecular weight is 401 g/mol. The van der Waals surface area contributed by atoms with E-state index in [4.69, 9.17) is 16.3 Å². The minimum absolute atomic E-state index is 0.0228. The van der Waals surface area contributed by atoms with E-state index in [0.717, 1.165) is 6.42 Å². The van der Waals surface area contributed by atoms with Crippen LogP contribution in [-0.4, -0.2) is 44.9 Å². The zero-order valence-corrected chi connectivity index (χ0v) is 16.3. The number of hydrogen-bond acceptors (Lipinski definition) is 4. The second-order valence-corrected chi connectivity index (χ2v) is 9.21. The zero-order chi connectivity index (χ0) is 18.6. The Bertz CT molecular complexity index is 742. The SMILES string of the molecule is O=C(CCC1CCCC1)Nc1ccc(Cl)c(S(=O)(=O)N2CCOCC2)c1. The van der Waals surface area contributed by atoms with Crippen LogP contribution in [0, 0.1) is 5.92 Å². The topological polar surface area (TPSA) is 75.7 Å². The number of morpholine rings is 1. The fourth-order valence-electron chi connectivity index (χ4n) is 3.56. The Balaban J connectivity index is 1.67. The van der Waals surface area contributed by atoms with E-state index < -0.39 is 10.0 Å². The van der Waals surface area contributed by atoms with E-state index in [1.807, 2.05) is 0 Å². The lowest BCUT2D eigenvalue weighted by Crippen LogP contribution is -2.40. The molecular weight excluding hydrogens is 376 g/mol. The van der Waals surface area contributed by atoms with Crippen molar-refractivity contribution in [2.24, 2.45) is 5.92 Å². The molecule has 6 nitrogen and oxygen atoms in total. The Labute approximate surface area is 159 Å². The van der Waals surface area contributed by atoms with Crippen molar-refractivity contribution in [3.8, 4) is 0 Å². The number of hydrogen-bond donors (Lipinski definition) is 1. The largest absolute Gasteiger partial charge is 0.379 e. The first-order chi connectivity index (χ1) is 12.5. The lowest BCUT2D eigenvalue weighted by Gasteiger charge is -2.26. The molecule has 0 atom stereocenters. The zero-order valence-electron chi connectivity index (χ0n) is 14.7. The molecule has 1 aromatic rings. The molecule has 144 valence electrons. The van der Waals surface area contributed by atoms with Crippen LogP contribution in [0.25, 0.3) is 0 Å². The fraction of sp³-hybridized carbons (Fsp3) is 0.611. The molecule has 1 aromatic carbocycles. The highest BCUT2D eigenvalue weighted by molar-refractivity contribution is 7.89. The Hall–Kier alpha value is -1.15. The second kappa shape index (κ2) is 8.69. The van der Waals surface area contributed by atoms with Crippen molar-refractivity contribution in [3.05, 3.63) is 23.2 Å². The minimum atomic E-state index is -3.71. The molecule has 1 saturated heterocycles. The van der Waals surface area contributed by atoms with E-state index in [-0.39, 0.29) is 15.8 Å². The molecule has 1 heterocycles. The molecule has 0 unspecified atom stereocenters. The molecular formula is C18H25ClN2O4S. The lowest BCUT2D eigenvalue weighted by atomic mass is 10.0. The van der Waals surface area contributed by atoms with Gasteiger partial charge >= 0.3 is 0 Å². The van der Waals surface area contributed by atoms with Crippen LogP contribution in [0.1, 0.15) is 38.5 Å². The molecule has 2 aliphatic rings. The van der Waals surface area contributed by atoms with Crippen molar-refractivity contribution < 1.29 is 17.9 Å². The number of carbonyl (C=O) groups is 1. The van der Waals surface area contributed by atoms with Crippen LogP contribution in [0.3, 0.4) is 0 Å². The Kier molecular flexibility index (Phi) is 6.55. The maximum Gasteiger partial charge on any atom is 0.244 e. The molecule has 0 aromatic heterocycles. The maximum absolute atomic E-state index is 12.8. The first-order valence-corrected chi connectivity index (χ1v) is 11.0. The second-order valence-electron chi connectivity index (χ2n) is 6.90. The summed E-state index contributed by atoms with van der Waals surface area (Å²) in [6.45, 7) is 1.34. The van der Waals surface area contributed by atoms with E-state index in [2.05, 4.69) is 5.32 Å². The monoisotopic (exact) mass is 400 g/mol. The predicted octanol–water partition coefficient (Wildman–Crippen LogP) is 3.27. The van der Waals surface area contributed by atoms with Gasteiger partial charge in [0.15, 0.2) is 0 Å². The van der Waals surface area contributed by atoms with E-state index in [0.29, 0.717) is 44.3 Å². The van der Waals surface area contributed by atoms with Crippen LogP contribution in [0.2, 0.25) is 5.02 Å². The molecule has 2 fully saturated rings. The molecule has 1 amide bonds. The van der Waals surface area contributed by atoms with E-state index in [1.165, 1.54) is 42.1 Å². The summed E-state index contributed by atoms with van der Waals surface area (Å²) in [5, 5.41) is 2.96. The molecule has 1 saturated carbocycles. The Morgan fingerprint density at radius 3 is 2.62 bits per heavy atom. The van der Waals surface area contributed by atoms with Gasteiger partial charge in [0.25, 0.3) is 0 Å². The van der Waals surface area contributed by atoms with Crippen LogP contribution in [0.5, 0.6) is 0 Å². The third-order valence-electron chi connectivity index (χ3n) is 5.06. The standard InChI is InChI=1S/C18H25ClN2O4S/c19-16-7-6-15(20-18(22)8-5-14-3-1-2-4-14)13-17(16)26(23,24)21-9-11-25-12-10-21/h6-7,13-14H,1-5,8-12H2,(H,20,22). The van der Waals surface area contributed by atoms with Gasteiger partial charge in [0.1, 0.15) is 4.90 Å². The van der Waals surface area contributed by atoms with Crippen LogP contribution < -0.4 is 5.32 Å². The summed E-state index contributed by atoms with van der Waals surface area (Å²) in [4.78, 5) is 12.2. The van der Waals surface area contributed by atoms with Crippen LogP contribution in [-0.2, 0) is 19.6 Å². The van der Waals surface area contributed by atoms with Crippen molar-refractivity contribution in [3.63, 3.8) is 0 Å². The molecule has 26 heavy (non-hydrogen) atoms. The quantitative estimate of drug-likeness (QED) is 0.795. The summed E-state index contributed by atoms with van der Waals surface area (Å²) in [5.74, 6) is 0.553. The number of nitrogens with zero attached hydrogens (tertiary/aromatic N) is 1. The van der Waals surface area contributed by atoms with Crippen LogP contribution in [0.15, 0.2) is 23.1 Å². The minimum Gasteiger partial charge on any atom is -0.379 e. The van der Waals surface area contributed by atoms with Gasteiger partial charge in [-0.3, -0.25) is 4.79 Å². The molecule has 3 rings (SSSR count). The number of rotatable bonds is 6. The van der Waals surface area contributed by atoms with Crippen molar-refractivity contribution in [1.82, 2.24) is 4.31 Å². The van der Waals surface area contributed by atoms with Gasteiger partial charge in [-0.25, -0.2) is 8.42 Å². The lowest BCUT2D eigenvalue weighted by molar-refractivity contribution is -0.116. The summed E-state index contributed by atoms with van der Waals surface area (Å²) >= 11 is 6.13. The number of halogens is 1. The third kappa shape index (κ3) is 4.76. The summed E-state index contributed by atoms with van der Waals surface area (Å²) in [7, 11) is -3.71. The van der Waals surface area contributed by atoms with Crippen molar-refractivity contribution in [2.45, 2.75) is 43.4 Å². The van der Waals surface area contributed by atoms with Crippen molar-refractivity contribution in [2.75, 3.05) is 31.6 Å². The van der Waals surface area contributed by atoms with Gasteiger partial charge in [0.05, 0.1) is 18.2 Å². The number of anilines is 1. The number of carbonyl (C=O) groups excluding carboxylic acids is 1. The first-order valence-electron chi connectivity index (χ1n) is 9.14. The molecule has 1 aliphatic carbocycles. The predicted molar refractivity (Wildman–Crippen MR) is 101 cm³/mol. The molecule has 1 N–H and O–H groups in total. The van der Waals surface area contributed by atoms with Gasteiger partial charge in [0, 0.05) is 25.2 Å². The number of ether oxygens (including phenoxy) is 1. The van der Waals surface area contributed by atoms with Crippen LogP contribution in [0.4, 0.5) is 5.69 Å². The smallest absolute Gasteiger partial charge is 0.244 e. The summed E-state index contributed by atoms with van der Waals surface area (Å²) in [6.07, 6.45) is 6.27. The van der Waals surface area contributed by atoms with Gasteiger partial charge in [-0.05, 0) is 30.5 Å². The number of benzene rings is 1. The van der Waals surface area contributed by atoms with Gasteiger partial charge in [0.2, 0.25) is 15.9 Å². The maximum atomic E-state index is 12.8. The number of sulfonamides is 1. The molecule has 0 spiro atoms. The van der Waals surface area contributed by atoms with Gasteiger partial charge in [-0.1, -0.05) is 37.3 Å². The fourth-order valence-corrected chi connectivity index (χ4v) is 5.47. The highest BCUT2D eigenvalue weighted by Crippen LogP contribution is 2.30. The normalized spacial score (nSPS) is 19.6. The average Bonchev–Trinajstić information content (AvgIpc) is 3.16. The Morgan fingerprint density at radius 2 is 1.92 bits per heavy atom. The summed E-state index contributed by atoms with van der Waals surface area (Å²) in [5.41, 5.74) is 0.456. The van der Waals surface area contributed by atoms with E-state index in [1.54, 1.807) is 6.07 Å². The summed E-state index contributed by atoms with van der Waals surface area (Å²) in [6, 6.07) is 4.59. The highest BCUT2D eigenvalue weighted by Gasteiger charge is 2.28. The Morgan fingerprint density at radius 1 is 1.23 bits per heavy atom. The van der Waals surface area contributed by atoms with Crippen LogP contribution >= 0.6 is 11.6 Å². The molecule has 8 heteroatoms. The number of amides is 1. The molecule has 0 radical (unpaired) electrons. The molecule has 0 bridgehead atoms. The molecule has 1 aliphatic heterocycles.